The van der Waals surface area contributed by atoms with E-state index in [9.17, 15) is 18.0 Å². The van der Waals surface area contributed by atoms with Crippen molar-refractivity contribution in [3.63, 3.8) is 0 Å². The minimum atomic E-state index is -4.74. The number of nitrogens with one attached hydrogen (secondary N) is 1. The number of halogens is 4. The standard InChI is InChI=1S/C20H15ClF3NO3/c1-11-17(19(26)18(21)12(2)25-11)13-3-5-14(6-4-13)27-15-7-9-16(10-8-15)28-20(22,23)24/h3-10H,1-2H3,(H,25,26). The number of aryl methyl sites for hydroxylation is 2. The zero-order valence-corrected chi connectivity index (χ0v) is 15.6. The van der Waals surface area contributed by atoms with E-state index in [1.807, 2.05) is 0 Å². The molecule has 0 aliphatic carbocycles. The summed E-state index contributed by atoms with van der Waals surface area (Å²) in [7, 11) is 0. The third-order valence-electron chi connectivity index (χ3n) is 3.94. The molecule has 0 saturated heterocycles. The molecule has 3 rings (SSSR count). The Kier molecular flexibility index (Phi) is 5.38. The number of alkyl halides is 3. The summed E-state index contributed by atoms with van der Waals surface area (Å²) in [5.74, 6) is 0.469. The lowest BCUT2D eigenvalue weighted by atomic mass is 10.0. The number of benzene rings is 2. The Morgan fingerprint density at radius 1 is 0.857 bits per heavy atom. The molecular weight excluding hydrogens is 395 g/mol. The van der Waals surface area contributed by atoms with Crippen molar-refractivity contribution < 1.29 is 22.6 Å². The zero-order chi connectivity index (χ0) is 20.5. The fraction of sp³-hybridized carbons (Fsp3) is 0.150. The van der Waals surface area contributed by atoms with E-state index in [1.54, 1.807) is 38.1 Å². The molecule has 0 saturated carbocycles. The Hall–Kier alpha value is -2.93. The van der Waals surface area contributed by atoms with Crippen molar-refractivity contribution in [2.24, 2.45) is 0 Å². The van der Waals surface area contributed by atoms with Crippen molar-refractivity contribution >= 4 is 11.6 Å². The predicted octanol–water partition coefficient (Wildman–Crippen LogP) is 6.00. The Morgan fingerprint density at radius 3 is 1.89 bits per heavy atom. The van der Waals surface area contributed by atoms with Gasteiger partial charge in [-0.15, -0.1) is 13.2 Å². The second-order valence-electron chi connectivity index (χ2n) is 6.04. The molecule has 1 heterocycles. The van der Waals surface area contributed by atoms with Crippen LogP contribution in [-0.4, -0.2) is 11.3 Å². The molecule has 0 atom stereocenters. The van der Waals surface area contributed by atoms with Crippen molar-refractivity contribution in [3.05, 3.63) is 75.2 Å². The van der Waals surface area contributed by atoms with E-state index in [2.05, 4.69) is 9.72 Å². The molecule has 0 radical (unpaired) electrons. The number of ether oxygens (including phenoxy) is 2. The first-order valence-electron chi connectivity index (χ1n) is 8.17. The van der Waals surface area contributed by atoms with Crippen molar-refractivity contribution in [1.29, 1.82) is 0 Å². The minimum Gasteiger partial charge on any atom is -0.457 e. The van der Waals surface area contributed by atoms with E-state index >= 15 is 0 Å². The minimum absolute atomic E-state index is 0.141. The van der Waals surface area contributed by atoms with Crippen LogP contribution in [0.3, 0.4) is 0 Å². The number of H-pyrrole nitrogens is 1. The quantitative estimate of drug-likeness (QED) is 0.574. The van der Waals surface area contributed by atoms with Crippen molar-refractivity contribution in [2.75, 3.05) is 0 Å². The van der Waals surface area contributed by atoms with Crippen LogP contribution in [0.5, 0.6) is 17.2 Å². The second kappa shape index (κ2) is 7.59. The smallest absolute Gasteiger partial charge is 0.457 e. The van der Waals surface area contributed by atoms with Gasteiger partial charge in [-0.2, -0.15) is 0 Å². The van der Waals surface area contributed by atoms with Gasteiger partial charge in [-0.1, -0.05) is 23.7 Å². The first-order valence-corrected chi connectivity index (χ1v) is 8.55. The highest BCUT2D eigenvalue weighted by Crippen LogP contribution is 2.29. The van der Waals surface area contributed by atoms with E-state index in [4.69, 9.17) is 16.3 Å². The molecule has 0 unspecified atom stereocenters. The molecule has 1 aromatic heterocycles. The second-order valence-corrected chi connectivity index (χ2v) is 6.42. The Balaban J connectivity index is 1.79. The number of hydrogen-bond acceptors (Lipinski definition) is 3. The van der Waals surface area contributed by atoms with Crippen molar-refractivity contribution in [1.82, 2.24) is 4.98 Å². The maximum absolute atomic E-state index is 12.4. The molecule has 2 aromatic carbocycles. The van der Waals surface area contributed by atoms with Crippen molar-refractivity contribution in [2.45, 2.75) is 20.2 Å². The molecule has 8 heteroatoms. The lowest BCUT2D eigenvalue weighted by Gasteiger charge is -2.11. The molecule has 0 spiro atoms. The van der Waals surface area contributed by atoms with Gasteiger partial charge in [-0.05, 0) is 55.8 Å². The topological polar surface area (TPSA) is 51.3 Å². The van der Waals surface area contributed by atoms with Crippen LogP contribution in [0.25, 0.3) is 11.1 Å². The summed E-state index contributed by atoms with van der Waals surface area (Å²) in [5.41, 5.74) is 2.17. The maximum atomic E-state index is 12.4. The van der Waals surface area contributed by atoms with E-state index in [1.165, 1.54) is 12.1 Å². The lowest BCUT2D eigenvalue weighted by molar-refractivity contribution is -0.274. The monoisotopic (exact) mass is 409 g/mol. The lowest BCUT2D eigenvalue weighted by Crippen LogP contribution is -2.16. The van der Waals surface area contributed by atoms with Crippen LogP contribution in [0.15, 0.2) is 53.3 Å². The highest BCUT2D eigenvalue weighted by atomic mass is 35.5. The third-order valence-corrected chi connectivity index (χ3v) is 4.40. The molecule has 0 aliphatic heterocycles. The molecule has 0 fully saturated rings. The van der Waals surface area contributed by atoms with Crippen molar-refractivity contribution in [3.8, 4) is 28.4 Å². The molecule has 146 valence electrons. The summed E-state index contributed by atoms with van der Waals surface area (Å²) >= 11 is 6.05. The largest absolute Gasteiger partial charge is 0.573 e. The maximum Gasteiger partial charge on any atom is 0.573 e. The van der Waals surface area contributed by atoms with Crippen LogP contribution in [-0.2, 0) is 0 Å². The molecule has 1 N–H and O–H groups in total. The Morgan fingerprint density at radius 2 is 1.36 bits per heavy atom. The molecule has 0 aliphatic rings. The molecule has 0 amide bonds. The summed E-state index contributed by atoms with van der Waals surface area (Å²) in [6.45, 7) is 3.51. The average Bonchev–Trinajstić information content (AvgIpc) is 2.62. The SMILES string of the molecule is Cc1[nH]c(C)c(-c2ccc(Oc3ccc(OC(F)(F)F)cc3)cc2)c(=O)c1Cl. The first kappa shape index (κ1) is 19.8. The van der Waals surface area contributed by atoms with E-state index in [0.717, 1.165) is 12.1 Å². The van der Waals surface area contributed by atoms with Crippen LogP contribution >= 0.6 is 11.6 Å². The van der Waals surface area contributed by atoms with E-state index < -0.39 is 6.36 Å². The summed E-state index contributed by atoms with van der Waals surface area (Å²) in [4.78, 5) is 15.5. The summed E-state index contributed by atoms with van der Waals surface area (Å²) in [5, 5.41) is 0.141. The van der Waals surface area contributed by atoms with Crippen LogP contribution in [0, 0.1) is 13.8 Å². The van der Waals surface area contributed by atoms with Gasteiger partial charge in [-0.3, -0.25) is 4.79 Å². The summed E-state index contributed by atoms with van der Waals surface area (Å²) < 4.78 is 46.0. The van der Waals surface area contributed by atoms with Gasteiger partial charge < -0.3 is 14.5 Å². The summed E-state index contributed by atoms with van der Waals surface area (Å²) in [6, 6.07) is 11.8. The van der Waals surface area contributed by atoms with Gasteiger partial charge in [0, 0.05) is 17.0 Å². The number of hydrogen-bond donors (Lipinski definition) is 1. The molecule has 28 heavy (non-hydrogen) atoms. The first-order chi connectivity index (χ1) is 13.1. The molecule has 0 bridgehead atoms. The third kappa shape index (κ3) is 4.48. The number of rotatable bonds is 4. The highest BCUT2D eigenvalue weighted by Gasteiger charge is 2.31. The Labute approximate surface area is 163 Å². The van der Waals surface area contributed by atoms with Crippen LogP contribution < -0.4 is 14.9 Å². The van der Waals surface area contributed by atoms with Gasteiger partial charge in [0.2, 0.25) is 5.43 Å². The number of aromatic nitrogens is 1. The number of aromatic amines is 1. The fourth-order valence-electron chi connectivity index (χ4n) is 2.73. The number of pyridine rings is 1. The molecule has 4 nitrogen and oxygen atoms in total. The van der Waals surface area contributed by atoms with Crippen LogP contribution in [0.1, 0.15) is 11.4 Å². The molecule has 3 aromatic rings. The average molecular weight is 410 g/mol. The highest BCUT2D eigenvalue weighted by molar-refractivity contribution is 6.31. The van der Waals surface area contributed by atoms with Gasteiger partial charge in [0.1, 0.15) is 22.3 Å². The van der Waals surface area contributed by atoms with Crippen LogP contribution in [0.2, 0.25) is 5.02 Å². The normalized spacial score (nSPS) is 11.4. The predicted molar refractivity (Wildman–Crippen MR) is 100 cm³/mol. The van der Waals surface area contributed by atoms with Gasteiger partial charge in [-0.25, -0.2) is 0 Å². The summed E-state index contributed by atoms with van der Waals surface area (Å²) in [6.07, 6.45) is -4.74. The fourth-order valence-corrected chi connectivity index (χ4v) is 2.87. The van der Waals surface area contributed by atoms with Crippen LogP contribution in [0.4, 0.5) is 13.2 Å². The zero-order valence-electron chi connectivity index (χ0n) is 14.9. The van der Waals surface area contributed by atoms with Gasteiger partial charge in [0.15, 0.2) is 0 Å². The van der Waals surface area contributed by atoms with E-state index in [0.29, 0.717) is 34.0 Å². The Bertz CT molecular complexity index is 1040. The van der Waals surface area contributed by atoms with Gasteiger partial charge in [0.05, 0.1) is 0 Å². The van der Waals surface area contributed by atoms with E-state index in [-0.39, 0.29) is 16.2 Å². The van der Waals surface area contributed by atoms with Gasteiger partial charge in [0.25, 0.3) is 0 Å². The van der Waals surface area contributed by atoms with Gasteiger partial charge >= 0.3 is 6.36 Å². The molecular formula is C20H15ClF3NO3.